The molecule has 1 saturated carbocycles. The number of benzene rings is 4. The summed E-state index contributed by atoms with van der Waals surface area (Å²) in [6, 6.07) is 27.3. The summed E-state index contributed by atoms with van der Waals surface area (Å²) in [6.07, 6.45) is 5.10. The first-order valence-electron chi connectivity index (χ1n) is 17.2. The van der Waals surface area contributed by atoms with Crippen LogP contribution in [0, 0.1) is 6.92 Å². The van der Waals surface area contributed by atoms with Crippen LogP contribution < -0.4 is 9.62 Å². The molecule has 1 fully saturated rings. The first-order valence-corrected chi connectivity index (χ1v) is 19.4. The van der Waals surface area contributed by atoms with Gasteiger partial charge in [0.15, 0.2) is 0 Å². The summed E-state index contributed by atoms with van der Waals surface area (Å²) in [5, 5.41) is 3.91. The van der Waals surface area contributed by atoms with Gasteiger partial charge in [0.05, 0.1) is 10.6 Å². The van der Waals surface area contributed by atoms with E-state index in [1.165, 1.54) is 4.90 Å². The molecule has 1 N–H and O–H groups in total. The number of carbonyl (C=O) groups is 2. The number of amides is 2. The molecule has 0 aromatic heterocycles. The second-order valence-electron chi connectivity index (χ2n) is 13.3. The minimum atomic E-state index is -4.22. The zero-order valence-corrected chi connectivity index (χ0v) is 31.1. The van der Waals surface area contributed by atoms with Gasteiger partial charge < -0.3 is 10.2 Å². The van der Waals surface area contributed by atoms with Gasteiger partial charge in [-0.05, 0) is 73.2 Å². The Labute approximate surface area is 306 Å². The molecule has 0 spiro atoms. The second kappa shape index (κ2) is 16.9. The summed E-state index contributed by atoms with van der Waals surface area (Å²) >= 11 is 13.3. The SMILES string of the molecule is Cc1ccc(S(=O)(=O)N(CC(=O)N(Cc2c(Cl)cccc2Cl)C(Cc2ccccc2)C(=O)NC2CCCCC2)c2ccc(C(C)C)cc2)cc1. The van der Waals surface area contributed by atoms with Crippen molar-refractivity contribution in [1.29, 1.82) is 0 Å². The molecule has 1 aliphatic carbocycles. The van der Waals surface area contributed by atoms with Crippen LogP contribution in [0.1, 0.15) is 74.1 Å². The topological polar surface area (TPSA) is 86.8 Å². The van der Waals surface area contributed by atoms with Crippen LogP contribution in [0.15, 0.2) is 102 Å². The van der Waals surface area contributed by atoms with Crippen molar-refractivity contribution >= 4 is 50.7 Å². The molecule has 0 heterocycles. The van der Waals surface area contributed by atoms with Crippen LogP contribution in [0.3, 0.4) is 0 Å². The Morgan fingerprint density at radius 2 is 1.44 bits per heavy atom. The molecule has 2 amide bonds. The molecule has 0 saturated heterocycles. The minimum absolute atomic E-state index is 0.00624. The average molecular weight is 735 g/mol. The Morgan fingerprint density at radius 1 is 0.820 bits per heavy atom. The number of sulfonamides is 1. The van der Waals surface area contributed by atoms with Crippen LogP contribution in [-0.4, -0.2) is 43.8 Å². The van der Waals surface area contributed by atoms with Gasteiger partial charge in [-0.15, -0.1) is 0 Å². The number of anilines is 1. The maximum Gasteiger partial charge on any atom is 0.264 e. The van der Waals surface area contributed by atoms with E-state index in [4.69, 9.17) is 23.2 Å². The lowest BCUT2D eigenvalue weighted by atomic mass is 9.94. The number of carbonyl (C=O) groups excluding carboxylic acids is 2. The standard InChI is InChI=1S/C40H45Cl2N3O4S/c1-28(2)31-19-21-33(22-20-31)45(50(48,49)34-23-17-29(3)18-24-34)27-39(46)44(26-35-36(41)15-10-16-37(35)42)38(25-30-11-6-4-7-12-30)40(47)43-32-13-8-5-9-14-32/h4,6-7,10-12,15-24,28,32,38H,5,8-9,13-14,25-27H2,1-3H3,(H,43,47). The van der Waals surface area contributed by atoms with Crippen LogP contribution in [0.4, 0.5) is 5.69 Å². The third-order valence-electron chi connectivity index (χ3n) is 9.35. The van der Waals surface area contributed by atoms with Crippen LogP contribution in [0.2, 0.25) is 10.0 Å². The predicted molar refractivity (Wildman–Crippen MR) is 202 cm³/mol. The Balaban J connectivity index is 1.60. The minimum Gasteiger partial charge on any atom is -0.352 e. The van der Waals surface area contributed by atoms with Crippen molar-refractivity contribution in [3.63, 3.8) is 0 Å². The van der Waals surface area contributed by atoms with Gasteiger partial charge in [-0.1, -0.05) is 123 Å². The highest BCUT2D eigenvalue weighted by Crippen LogP contribution is 2.30. The molecule has 264 valence electrons. The molecule has 1 aliphatic rings. The molecular weight excluding hydrogens is 689 g/mol. The van der Waals surface area contributed by atoms with Gasteiger partial charge in [0, 0.05) is 34.6 Å². The summed E-state index contributed by atoms with van der Waals surface area (Å²) < 4.78 is 29.9. The molecule has 0 radical (unpaired) electrons. The number of halogens is 2. The van der Waals surface area contributed by atoms with E-state index in [1.807, 2.05) is 49.4 Å². The van der Waals surface area contributed by atoms with Gasteiger partial charge in [0.2, 0.25) is 11.8 Å². The van der Waals surface area contributed by atoms with Crippen molar-refractivity contribution in [3.8, 4) is 0 Å². The molecular formula is C40H45Cl2N3O4S. The second-order valence-corrected chi connectivity index (χ2v) is 16.0. The molecule has 5 rings (SSSR count). The third kappa shape index (κ3) is 9.27. The Morgan fingerprint density at radius 3 is 2.04 bits per heavy atom. The lowest BCUT2D eigenvalue weighted by molar-refractivity contribution is -0.140. The Bertz CT molecular complexity index is 1840. The Hall–Kier alpha value is -3.85. The molecule has 1 atom stereocenters. The highest BCUT2D eigenvalue weighted by molar-refractivity contribution is 7.92. The van der Waals surface area contributed by atoms with Crippen molar-refractivity contribution in [2.75, 3.05) is 10.8 Å². The number of nitrogens with one attached hydrogen (secondary N) is 1. The summed E-state index contributed by atoms with van der Waals surface area (Å²) in [4.78, 5) is 30.7. The van der Waals surface area contributed by atoms with Crippen LogP contribution in [0.25, 0.3) is 0 Å². The van der Waals surface area contributed by atoms with Crippen molar-refractivity contribution in [2.24, 2.45) is 0 Å². The van der Waals surface area contributed by atoms with Gasteiger partial charge >= 0.3 is 0 Å². The number of hydrogen-bond donors (Lipinski definition) is 1. The summed E-state index contributed by atoms with van der Waals surface area (Å²) in [5.74, 6) is -0.638. The van der Waals surface area contributed by atoms with Gasteiger partial charge in [0.25, 0.3) is 10.0 Å². The van der Waals surface area contributed by atoms with E-state index in [0.29, 0.717) is 21.3 Å². The van der Waals surface area contributed by atoms with Crippen molar-refractivity contribution < 1.29 is 18.0 Å². The van der Waals surface area contributed by atoms with E-state index in [1.54, 1.807) is 54.6 Å². The van der Waals surface area contributed by atoms with Crippen molar-refractivity contribution in [2.45, 2.75) is 88.7 Å². The fourth-order valence-corrected chi connectivity index (χ4v) is 8.27. The molecule has 1 unspecified atom stereocenters. The van der Waals surface area contributed by atoms with Gasteiger partial charge in [-0.3, -0.25) is 13.9 Å². The summed E-state index contributed by atoms with van der Waals surface area (Å²) in [6.45, 7) is 5.34. The fourth-order valence-electron chi connectivity index (χ4n) is 6.34. The van der Waals surface area contributed by atoms with Gasteiger partial charge in [-0.2, -0.15) is 0 Å². The molecule has 7 nitrogen and oxygen atoms in total. The number of hydrogen-bond acceptors (Lipinski definition) is 4. The van der Waals surface area contributed by atoms with Crippen LogP contribution in [0.5, 0.6) is 0 Å². The lowest BCUT2D eigenvalue weighted by Crippen LogP contribution is -2.55. The molecule has 10 heteroatoms. The summed E-state index contributed by atoms with van der Waals surface area (Å²) in [7, 11) is -4.22. The molecule has 0 aliphatic heterocycles. The Kier molecular flexibility index (Phi) is 12.6. The van der Waals surface area contributed by atoms with E-state index in [9.17, 15) is 18.0 Å². The molecule has 50 heavy (non-hydrogen) atoms. The summed E-state index contributed by atoms with van der Waals surface area (Å²) in [5.41, 5.74) is 3.61. The monoisotopic (exact) mass is 733 g/mol. The first kappa shape index (κ1) is 37.4. The lowest BCUT2D eigenvalue weighted by Gasteiger charge is -2.35. The van der Waals surface area contributed by atoms with E-state index in [2.05, 4.69) is 19.2 Å². The highest BCUT2D eigenvalue weighted by Gasteiger charge is 2.36. The normalized spacial score (nSPS) is 14.3. The maximum atomic E-state index is 14.8. The van der Waals surface area contributed by atoms with Crippen LogP contribution in [-0.2, 0) is 32.6 Å². The number of nitrogens with zero attached hydrogens (tertiary/aromatic N) is 2. The smallest absolute Gasteiger partial charge is 0.264 e. The van der Waals surface area contributed by atoms with Gasteiger partial charge in [-0.25, -0.2) is 8.42 Å². The van der Waals surface area contributed by atoms with E-state index in [0.717, 1.165) is 53.1 Å². The number of rotatable bonds is 13. The van der Waals surface area contributed by atoms with E-state index in [-0.39, 0.29) is 35.7 Å². The molecule has 4 aromatic rings. The maximum absolute atomic E-state index is 14.8. The highest BCUT2D eigenvalue weighted by atomic mass is 35.5. The largest absolute Gasteiger partial charge is 0.352 e. The van der Waals surface area contributed by atoms with Crippen molar-refractivity contribution in [1.82, 2.24) is 10.2 Å². The predicted octanol–water partition coefficient (Wildman–Crippen LogP) is 8.71. The van der Waals surface area contributed by atoms with Crippen LogP contribution >= 0.6 is 23.2 Å². The zero-order valence-electron chi connectivity index (χ0n) is 28.8. The first-order chi connectivity index (χ1) is 23.9. The van der Waals surface area contributed by atoms with E-state index >= 15 is 0 Å². The van der Waals surface area contributed by atoms with E-state index < -0.39 is 28.5 Å². The third-order valence-corrected chi connectivity index (χ3v) is 11.8. The molecule has 4 aromatic carbocycles. The average Bonchev–Trinajstić information content (AvgIpc) is 3.10. The molecule has 0 bridgehead atoms. The van der Waals surface area contributed by atoms with Crippen molar-refractivity contribution in [3.05, 3.63) is 129 Å². The van der Waals surface area contributed by atoms with Gasteiger partial charge in [0.1, 0.15) is 12.6 Å². The zero-order chi connectivity index (χ0) is 35.8. The fraction of sp³-hybridized carbons (Fsp3) is 0.350. The quantitative estimate of drug-likeness (QED) is 0.149. The number of aryl methyl sites for hydroxylation is 1.